The Balaban J connectivity index is 1.16. The first-order valence-corrected chi connectivity index (χ1v) is 19.5. The van der Waals surface area contributed by atoms with Crippen LogP contribution < -0.4 is 19.9 Å². The van der Waals surface area contributed by atoms with Crippen LogP contribution in [0.15, 0.2) is 24.4 Å². The number of benzene rings is 1. The van der Waals surface area contributed by atoms with Gasteiger partial charge in [-0.25, -0.2) is 9.37 Å². The van der Waals surface area contributed by atoms with E-state index in [0.29, 0.717) is 61.4 Å². The molecule has 1 N–H and O–H groups in total. The minimum Gasteiger partial charge on any atom is -0.477 e. The molecule has 57 heavy (non-hydrogen) atoms. The molecule has 2 aliphatic rings. The molecule has 0 radical (unpaired) electrons. The molecule has 2 aromatic rings. The molecule has 3 amide bonds. The third-order valence-electron chi connectivity index (χ3n) is 9.95. The van der Waals surface area contributed by atoms with Crippen molar-refractivity contribution in [1.82, 2.24) is 15.2 Å². The number of nitrogens with one attached hydrogen (secondary N) is 1. The van der Waals surface area contributed by atoms with Crippen molar-refractivity contribution in [1.29, 1.82) is 5.26 Å². The molecule has 1 aromatic carbocycles. The van der Waals surface area contributed by atoms with Crippen molar-refractivity contribution in [3.63, 3.8) is 0 Å². The maximum absolute atomic E-state index is 15.3. The molecule has 3 heterocycles. The number of hydrogen-bond donors (Lipinski definition) is 1. The van der Waals surface area contributed by atoms with Gasteiger partial charge in [-0.05, 0) is 102 Å². The van der Waals surface area contributed by atoms with Crippen molar-refractivity contribution in [2.45, 2.75) is 111 Å². The fourth-order valence-electron chi connectivity index (χ4n) is 6.83. The van der Waals surface area contributed by atoms with Gasteiger partial charge >= 0.3 is 6.18 Å². The summed E-state index contributed by atoms with van der Waals surface area (Å²) >= 11 is 5.51. The lowest BCUT2D eigenvalue weighted by Crippen LogP contribution is -2.56. The number of hydrogen-bond acceptors (Lipinski definition) is 9. The second-order valence-electron chi connectivity index (χ2n) is 15.9. The van der Waals surface area contributed by atoms with Gasteiger partial charge in [-0.2, -0.15) is 18.4 Å². The summed E-state index contributed by atoms with van der Waals surface area (Å²) < 4.78 is 73.5. The van der Waals surface area contributed by atoms with Crippen LogP contribution in [0, 0.1) is 29.5 Å². The number of nitrogens with zero attached hydrogens (tertiary/aromatic N) is 5. The zero-order valence-electron chi connectivity index (χ0n) is 33.6. The van der Waals surface area contributed by atoms with E-state index in [9.17, 15) is 27.6 Å². The number of carbonyl (C=O) groups is 3. The quantitative estimate of drug-likeness (QED) is 0.103. The van der Waals surface area contributed by atoms with Crippen molar-refractivity contribution in [2.75, 3.05) is 49.4 Å². The average Bonchev–Trinajstić information content (AvgIpc) is 3.63. The van der Waals surface area contributed by atoms with Crippen LogP contribution in [0.3, 0.4) is 0 Å². The number of likely N-dealkylation sites (tertiary alicyclic amines) is 1. The Labute approximate surface area is 336 Å². The molecule has 2 fully saturated rings. The normalized spacial score (nSPS) is 17.6. The van der Waals surface area contributed by atoms with Crippen LogP contribution >= 0.6 is 12.2 Å². The molecule has 0 saturated carbocycles. The second kappa shape index (κ2) is 18.9. The van der Waals surface area contributed by atoms with Crippen molar-refractivity contribution in [3.05, 3.63) is 46.9 Å². The van der Waals surface area contributed by atoms with Crippen LogP contribution in [-0.4, -0.2) is 89.9 Å². The van der Waals surface area contributed by atoms with E-state index >= 15 is 4.39 Å². The summed E-state index contributed by atoms with van der Waals surface area (Å²) in [7, 11) is 0. The number of alkyl halides is 3. The minimum absolute atomic E-state index is 0.0518. The van der Waals surface area contributed by atoms with E-state index in [-0.39, 0.29) is 29.6 Å². The number of amides is 3. The predicted octanol–water partition coefficient (Wildman–Crippen LogP) is 6.85. The lowest BCUT2D eigenvalue weighted by Gasteiger charge is -2.35. The third-order valence-corrected chi connectivity index (χ3v) is 10.3. The van der Waals surface area contributed by atoms with Gasteiger partial charge in [-0.15, -0.1) is 0 Å². The summed E-state index contributed by atoms with van der Waals surface area (Å²) in [5, 5.41) is 11.8. The molecular weight excluding hydrogens is 769 g/mol. The van der Waals surface area contributed by atoms with E-state index in [4.69, 9.17) is 31.7 Å². The van der Waals surface area contributed by atoms with Gasteiger partial charge < -0.3 is 29.3 Å². The highest BCUT2D eigenvalue weighted by Gasteiger charge is 2.52. The fourth-order valence-corrected chi connectivity index (χ4v) is 7.34. The van der Waals surface area contributed by atoms with Gasteiger partial charge in [0, 0.05) is 38.0 Å². The molecule has 2 atom stereocenters. The predicted molar refractivity (Wildman–Crippen MR) is 209 cm³/mol. The average molecular weight is 821 g/mol. The van der Waals surface area contributed by atoms with Crippen LogP contribution in [0.2, 0.25) is 0 Å². The van der Waals surface area contributed by atoms with Crippen LogP contribution in [0.25, 0.3) is 0 Å². The molecule has 2 aliphatic heterocycles. The lowest BCUT2D eigenvalue weighted by atomic mass is 9.85. The molecule has 0 spiro atoms. The highest BCUT2D eigenvalue weighted by molar-refractivity contribution is 7.81. The maximum Gasteiger partial charge on any atom is 0.420 e. The van der Waals surface area contributed by atoms with Gasteiger partial charge in [0.2, 0.25) is 17.7 Å². The van der Waals surface area contributed by atoms with Gasteiger partial charge in [0.15, 0.2) is 10.9 Å². The Morgan fingerprint density at radius 2 is 1.75 bits per heavy atom. The number of ether oxygens (including phenoxy) is 3. The molecule has 0 bridgehead atoms. The molecule has 17 heteroatoms. The molecule has 1 unspecified atom stereocenters. The van der Waals surface area contributed by atoms with Crippen molar-refractivity contribution < 1.29 is 46.2 Å². The first kappa shape index (κ1) is 45.3. The number of nitriles is 1. The van der Waals surface area contributed by atoms with E-state index in [1.165, 1.54) is 31.0 Å². The Hall–Kier alpha value is -4.40. The minimum atomic E-state index is -5.18. The van der Waals surface area contributed by atoms with E-state index < -0.39 is 51.7 Å². The van der Waals surface area contributed by atoms with Crippen molar-refractivity contribution in [3.8, 4) is 11.9 Å². The van der Waals surface area contributed by atoms with Crippen molar-refractivity contribution in [2.24, 2.45) is 5.41 Å². The molecule has 2 saturated heterocycles. The smallest absolute Gasteiger partial charge is 0.420 e. The first-order valence-electron chi connectivity index (χ1n) is 19.0. The number of carbonyl (C=O) groups excluding carboxylic acids is 3. The number of rotatable bonds is 17. The second-order valence-corrected chi connectivity index (χ2v) is 16.2. The summed E-state index contributed by atoms with van der Waals surface area (Å²) in [5.74, 6) is -2.55. The van der Waals surface area contributed by atoms with Gasteiger partial charge in [0.25, 0.3) is 5.91 Å². The zero-order chi connectivity index (χ0) is 42.3. The Morgan fingerprint density at radius 3 is 2.37 bits per heavy atom. The molecule has 4 rings (SSSR count). The van der Waals surface area contributed by atoms with Gasteiger partial charge in [-0.1, -0.05) is 20.8 Å². The highest BCUT2D eigenvalue weighted by Crippen LogP contribution is 2.42. The Morgan fingerprint density at radius 1 is 1.09 bits per heavy atom. The largest absolute Gasteiger partial charge is 0.477 e. The van der Waals surface area contributed by atoms with Crippen molar-refractivity contribution >= 4 is 46.4 Å². The fraction of sp³-hybridized carbons (Fsp3) is 0.600. The van der Waals surface area contributed by atoms with Gasteiger partial charge in [0.1, 0.15) is 23.8 Å². The van der Waals surface area contributed by atoms with E-state index in [1.54, 1.807) is 13.0 Å². The summed E-state index contributed by atoms with van der Waals surface area (Å²) in [6.07, 6.45) is 1.14. The van der Waals surface area contributed by atoms with Gasteiger partial charge in [-0.3, -0.25) is 19.3 Å². The summed E-state index contributed by atoms with van der Waals surface area (Å²) in [6.45, 7) is 14.9. The summed E-state index contributed by atoms with van der Waals surface area (Å²) in [6, 6.07) is 4.31. The molecule has 1 aromatic heterocycles. The van der Waals surface area contributed by atoms with Crippen LogP contribution in [-0.2, 0) is 30.0 Å². The van der Waals surface area contributed by atoms with Gasteiger partial charge in [0.05, 0.1) is 35.8 Å². The number of aromatic nitrogens is 1. The summed E-state index contributed by atoms with van der Waals surface area (Å²) in [4.78, 5) is 47.6. The number of aryl methyl sites for hydroxylation is 1. The van der Waals surface area contributed by atoms with Crippen LogP contribution in [0.5, 0.6) is 5.88 Å². The van der Waals surface area contributed by atoms with E-state index in [0.717, 1.165) is 44.2 Å². The monoisotopic (exact) mass is 820 g/mol. The lowest BCUT2D eigenvalue weighted by molar-refractivity contribution is -0.141. The molecular formula is C40H52F4N6O6S. The molecule has 0 aliphatic carbocycles. The molecule has 12 nitrogen and oxygen atoms in total. The zero-order valence-corrected chi connectivity index (χ0v) is 34.4. The number of pyridine rings is 1. The molecule has 312 valence electrons. The summed E-state index contributed by atoms with van der Waals surface area (Å²) in [5.41, 5.74) is -4.27. The third kappa shape index (κ3) is 10.8. The topological polar surface area (TPSA) is 137 Å². The first-order chi connectivity index (χ1) is 26.7. The number of anilines is 2. The Bertz CT molecular complexity index is 1850. The van der Waals surface area contributed by atoms with E-state index in [1.807, 2.05) is 32.6 Å². The van der Waals surface area contributed by atoms with E-state index in [2.05, 4.69) is 10.3 Å². The Kier molecular flexibility index (Phi) is 15.0. The number of halogens is 4. The standard InChI is InChI=1S/C40H52F4N6O6S/c1-25-21-28(50-37(57)49(36(53)39(50,6)7)29-15-14-27(22-45)31(32(29)41)40(42,43)44)23-46-34(25)56-20-10-8-9-17-54-18-12-19-55-24-30(51)47-33(38(3,4)5)35(52)48-16-11-13-26(48)2/h14-15,21,23,26,33H,8-13,16-20,24H2,1-7H3,(H,47,51)/t26-,33?/m1/s1. The highest BCUT2D eigenvalue weighted by atomic mass is 32.1. The SMILES string of the molecule is Cc1cc(N2C(=S)N(c3ccc(C#N)c(C(F)(F)F)c3F)C(=O)C2(C)C)cnc1OCCCCCOCCCOCC(=O)NC(C(=O)N1CCC[C@H]1C)C(C)(C)C. The van der Waals surface area contributed by atoms with Crippen LogP contribution in [0.4, 0.5) is 28.9 Å². The number of thiocarbonyl (C=S) groups is 1. The number of unbranched alkanes of at least 4 members (excludes halogenated alkanes) is 2. The van der Waals surface area contributed by atoms with Crippen LogP contribution in [0.1, 0.15) is 96.8 Å². The maximum atomic E-state index is 15.3.